The zero-order chi connectivity index (χ0) is 13.8. The van der Waals surface area contributed by atoms with Gasteiger partial charge in [-0.25, -0.2) is 0 Å². The van der Waals surface area contributed by atoms with Gasteiger partial charge < -0.3 is 4.74 Å². The van der Waals surface area contributed by atoms with Gasteiger partial charge in [-0.1, -0.05) is 19.8 Å². The third-order valence-electron chi connectivity index (χ3n) is 3.43. The van der Waals surface area contributed by atoms with E-state index in [1.54, 1.807) is 0 Å². The molecule has 3 nitrogen and oxygen atoms in total. The summed E-state index contributed by atoms with van der Waals surface area (Å²) in [6.07, 6.45) is -0.747. The Hall–Kier alpha value is -0.780. The summed E-state index contributed by atoms with van der Waals surface area (Å²) >= 11 is 0. The molecule has 0 saturated heterocycles. The van der Waals surface area contributed by atoms with Gasteiger partial charge >= 0.3 is 12.1 Å². The van der Waals surface area contributed by atoms with E-state index in [9.17, 15) is 18.0 Å². The summed E-state index contributed by atoms with van der Waals surface area (Å²) in [4.78, 5) is 11.6. The Morgan fingerprint density at radius 2 is 2.11 bits per heavy atom. The molecular formula is C12H20F3NO2. The third-order valence-corrected chi connectivity index (χ3v) is 3.43. The standard InChI is InChI=1S/C12H20F3NO2/c1-8-4-3-5-9(6-8)10(11(17)18-2)16-7-12(13,14)15/h8-10,16H,3-7H2,1-2H3. The van der Waals surface area contributed by atoms with Crippen LogP contribution in [0.3, 0.4) is 0 Å². The van der Waals surface area contributed by atoms with E-state index >= 15 is 0 Å². The first-order chi connectivity index (χ1) is 8.33. The molecule has 1 saturated carbocycles. The van der Waals surface area contributed by atoms with E-state index in [-0.39, 0.29) is 5.92 Å². The van der Waals surface area contributed by atoms with Crippen molar-refractivity contribution in [1.29, 1.82) is 0 Å². The minimum absolute atomic E-state index is 0.0662. The Kier molecular flexibility index (Phi) is 5.44. The monoisotopic (exact) mass is 267 g/mol. The van der Waals surface area contributed by atoms with E-state index in [1.807, 2.05) is 0 Å². The molecular weight excluding hydrogens is 247 g/mol. The number of carbonyl (C=O) groups excluding carboxylic acids is 1. The van der Waals surface area contributed by atoms with Crippen LogP contribution in [0.25, 0.3) is 0 Å². The lowest BCUT2D eigenvalue weighted by Gasteiger charge is -2.32. The van der Waals surface area contributed by atoms with Crippen molar-refractivity contribution < 1.29 is 22.7 Å². The van der Waals surface area contributed by atoms with Crippen LogP contribution in [0.2, 0.25) is 0 Å². The van der Waals surface area contributed by atoms with Gasteiger partial charge in [0.15, 0.2) is 0 Å². The SMILES string of the molecule is COC(=O)C(NCC(F)(F)F)C1CCCC(C)C1. The minimum atomic E-state index is -4.31. The molecule has 0 bridgehead atoms. The molecule has 18 heavy (non-hydrogen) atoms. The van der Waals surface area contributed by atoms with Crippen LogP contribution in [0.4, 0.5) is 13.2 Å². The van der Waals surface area contributed by atoms with E-state index in [1.165, 1.54) is 7.11 Å². The van der Waals surface area contributed by atoms with Crippen LogP contribution in [0.5, 0.6) is 0 Å². The fourth-order valence-electron chi connectivity index (χ4n) is 2.58. The molecule has 1 aliphatic carbocycles. The van der Waals surface area contributed by atoms with E-state index < -0.39 is 24.7 Å². The second-order valence-electron chi connectivity index (χ2n) is 5.03. The van der Waals surface area contributed by atoms with Crippen molar-refractivity contribution in [3.63, 3.8) is 0 Å². The number of esters is 1. The predicted molar refractivity (Wildman–Crippen MR) is 61.0 cm³/mol. The molecule has 0 aromatic heterocycles. The lowest BCUT2D eigenvalue weighted by Crippen LogP contribution is -2.48. The molecule has 0 aromatic rings. The molecule has 0 aliphatic heterocycles. The van der Waals surface area contributed by atoms with Gasteiger partial charge in [-0.15, -0.1) is 0 Å². The van der Waals surface area contributed by atoms with Gasteiger partial charge in [-0.3, -0.25) is 10.1 Å². The third kappa shape index (κ3) is 4.84. The van der Waals surface area contributed by atoms with Gasteiger partial charge in [-0.2, -0.15) is 13.2 Å². The number of hydrogen-bond acceptors (Lipinski definition) is 3. The summed E-state index contributed by atoms with van der Waals surface area (Å²) in [6.45, 7) is 0.905. The maximum absolute atomic E-state index is 12.2. The molecule has 1 aliphatic rings. The molecule has 0 amide bonds. The Balaban J connectivity index is 2.62. The van der Waals surface area contributed by atoms with Gasteiger partial charge in [0.1, 0.15) is 6.04 Å². The summed E-state index contributed by atoms with van der Waals surface area (Å²) in [6, 6.07) is -0.848. The van der Waals surface area contributed by atoms with Gasteiger partial charge in [0.05, 0.1) is 13.7 Å². The lowest BCUT2D eigenvalue weighted by atomic mass is 9.78. The minimum Gasteiger partial charge on any atom is -0.468 e. The highest BCUT2D eigenvalue weighted by Crippen LogP contribution is 2.31. The van der Waals surface area contributed by atoms with Crippen LogP contribution >= 0.6 is 0 Å². The molecule has 0 radical (unpaired) electrons. The summed E-state index contributed by atoms with van der Waals surface area (Å²) in [5.41, 5.74) is 0. The van der Waals surface area contributed by atoms with Gasteiger partial charge in [-0.05, 0) is 24.7 Å². The van der Waals surface area contributed by atoms with Crippen LogP contribution in [0.15, 0.2) is 0 Å². The first kappa shape index (κ1) is 15.3. The predicted octanol–water partition coefficient (Wildman–Crippen LogP) is 2.51. The smallest absolute Gasteiger partial charge is 0.401 e. The number of methoxy groups -OCH3 is 1. The van der Waals surface area contributed by atoms with Gasteiger partial charge in [0.2, 0.25) is 0 Å². The lowest BCUT2D eigenvalue weighted by molar-refractivity contribution is -0.149. The Morgan fingerprint density at radius 3 is 2.61 bits per heavy atom. The first-order valence-corrected chi connectivity index (χ1v) is 6.21. The summed E-state index contributed by atoms with van der Waals surface area (Å²) in [7, 11) is 1.21. The average Bonchev–Trinajstić information content (AvgIpc) is 2.27. The molecule has 3 atom stereocenters. The van der Waals surface area contributed by atoms with Gasteiger partial charge in [0.25, 0.3) is 0 Å². The Morgan fingerprint density at radius 1 is 1.44 bits per heavy atom. The average molecular weight is 267 g/mol. The van der Waals surface area contributed by atoms with Crippen LogP contribution in [-0.2, 0) is 9.53 Å². The number of alkyl halides is 3. The van der Waals surface area contributed by atoms with Crippen LogP contribution in [0, 0.1) is 11.8 Å². The van der Waals surface area contributed by atoms with Crippen LogP contribution in [0.1, 0.15) is 32.6 Å². The quantitative estimate of drug-likeness (QED) is 0.795. The first-order valence-electron chi connectivity index (χ1n) is 6.21. The molecule has 6 heteroatoms. The molecule has 0 heterocycles. The van der Waals surface area contributed by atoms with E-state index in [0.29, 0.717) is 5.92 Å². The molecule has 3 unspecified atom stereocenters. The highest BCUT2D eigenvalue weighted by molar-refractivity contribution is 5.76. The number of ether oxygens (including phenoxy) is 1. The van der Waals surface area contributed by atoms with Crippen molar-refractivity contribution in [3.8, 4) is 0 Å². The Bertz CT molecular complexity index is 281. The number of carbonyl (C=O) groups is 1. The second kappa shape index (κ2) is 6.41. The molecule has 106 valence electrons. The highest BCUT2D eigenvalue weighted by atomic mass is 19.4. The topological polar surface area (TPSA) is 38.3 Å². The maximum Gasteiger partial charge on any atom is 0.401 e. The highest BCUT2D eigenvalue weighted by Gasteiger charge is 2.36. The van der Waals surface area contributed by atoms with Crippen molar-refractivity contribution in [2.45, 2.75) is 44.8 Å². The summed E-state index contributed by atoms with van der Waals surface area (Å²) in [5, 5.41) is 2.30. The number of nitrogens with one attached hydrogen (secondary N) is 1. The molecule has 1 N–H and O–H groups in total. The number of halogens is 3. The fourth-order valence-corrected chi connectivity index (χ4v) is 2.58. The number of rotatable bonds is 4. The van der Waals surface area contributed by atoms with E-state index in [0.717, 1.165) is 25.7 Å². The zero-order valence-electron chi connectivity index (χ0n) is 10.7. The van der Waals surface area contributed by atoms with E-state index in [2.05, 4.69) is 17.0 Å². The molecule has 1 fully saturated rings. The van der Waals surface area contributed by atoms with Crippen molar-refractivity contribution in [2.24, 2.45) is 11.8 Å². The van der Waals surface area contributed by atoms with Crippen molar-refractivity contribution in [3.05, 3.63) is 0 Å². The molecule has 0 spiro atoms. The number of hydrogen-bond donors (Lipinski definition) is 1. The molecule has 0 aromatic carbocycles. The van der Waals surface area contributed by atoms with Crippen molar-refractivity contribution in [2.75, 3.05) is 13.7 Å². The van der Waals surface area contributed by atoms with E-state index in [4.69, 9.17) is 0 Å². The fraction of sp³-hybridized carbons (Fsp3) is 0.917. The van der Waals surface area contributed by atoms with Crippen molar-refractivity contribution >= 4 is 5.97 Å². The summed E-state index contributed by atoms with van der Waals surface area (Å²) in [5.74, 6) is -0.217. The second-order valence-corrected chi connectivity index (χ2v) is 5.03. The molecule has 1 rings (SSSR count). The Labute approximate surface area is 105 Å². The summed E-state index contributed by atoms with van der Waals surface area (Å²) < 4.78 is 41.2. The van der Waals surface area contributed by atoms with Gasteiger partial charge in [0, 0.05) is 0 Å². The normalized spacial score (nSPS) is 26.7. The van der Waals surface area contributed by atoms with Crippen LogP contribution < -0.4 is 5.32 Å². The van der Waals surface area contributed by atoms with Crippen molar-refractivity contribution in [1.82, 2.24) is 5.32 Å². The van der Waals surface area contributed by atoms with Crippen LogP contribution in [-0.4, -0.2) is 31.8 Å². The maximum atomic E-state index is 12.2. The zero-order valence-corrected chi connectivity index (χ0v) is 10.7. The largest absolute Gasteiger partial charge is 0.468 e.